The highest BCUT2D eigenvalue weighted by Crippen LogP contribution is 2.15. The molecule has 0 heterocycles. The number of unbranched alkanes of at least 4 members (excludes halogenated alkanes) is 15. The number of hydrogen-bond donors (Lipinski definition) is 1. The minimum atomic E-state index is -0.753. The van der Waals surface area contributed by atoms with Gasteiger partial charge in [0.2, 0.25) is 0 Å². The van der Waals surface area contributed by atoms with Gasteiger partial charge in [-0.1, -0.05) is 110 Å². The molecule has 0 aliphatic carbocycles. The fourth-order valence-corrected chi connectivity index (χ4v) is 3.06. The molecule has 0 saturated carbocycles. The Balaban J connectivity index is 3.07. The van der Waals surface area contributed by atoms with Crippen LogP contribution in [-0.4, -0.2) is 6.09 Å². The highest BCUT2D eigenvalue weighted by Gasteiger charge is 2.00. The lowest BCUT2D eigenvalue weighted by Crippen LogP contribution is -2.12. The van der Waals surface area contributed by atoms with E-state index in [2.05, 4.69) is 13.5 Å². The number of carbonyl (C=O) groups excluding carboxylic acids is 1. The summed E-state index contributed by atoms with van der Waals surface area (Å²) < 4.78 is 4.72. The molecule has 24 heavy (non-hydrogen) atoms. The van der Waals surface area contributed by atoms with Gasteiger partial charge >= 0.3 is 6.09 Å². The largest absolute Gasteiger partial charge is 0.416 e. The molecular weight excluding hydrogens is 298 g/mol. The van der Waals surface area contributed by atoms with Gasteiger partial charge < -0.3 is 10.5 Å². The average molecular weight is 340 g/mol. The molecule has 0 aromatic carbocycles. The molecule has 0 rings (SSSR count). The van der Waals surface area contributed by atoms with E-state index < -0.39 is 6.09 Å². The summed E-state index contributed by atoms with van der Waals surface area (Å²) in [6.45, 7) is 5.96. The maximum atomic E-state index is 10.5. The van der Waals surface area contributed by atoms with Gasteiger partial charge in [-0.3, -0.25) is 0 Å². The molecule has 142 valence electrons. The van der Waals surface area contributed by atoms with Crippen molar-refractivity contribution in [2.24, 2.45) is 5.73 Å². The fraction of sp³-hybridized carbons (Fsp3) is 0.857. The van der Waals surface area contributed by atoms with Gasteiger partial charge in [0.05, 0.1) is 0 Å². The molecule has 3 nitrogen and oxygen atoms in total. The van der Waals surface area contributed by atoms with E-state index in [4.69, 9.17) is 10.5 Å². The smallest absolute Gasteiger partial charge is 0.409 e. The summed E-state index contributed by atoms with van der Waals surface area (Å²) in [6.07, 6.45) is 21.7. The van der Waals surface area contributed by atoms with Gasteiger partial charge in [0.15, 0.2) is 0 Å². The van der Waals surface area contributed by atoms with Crippen LogP contribution in [0.3, 0.4) is 0 Å². The zero-order valence-corrected chi connectivity index (χ0v) is 16.1. The molecule has 0 bridgehead atoms. The van der Waals surface area contributed by atoms with Gasteiger partial charge in [-0.15, -0.1) is 0 Å². The van der Waals surface area contributed by atoms with Crippen molar-refractivity contribution < 1.29 is 9.53 Å². The van der Waals surface area contributed by atoms with Crippen molar-refractivity contribution >= 4 is 6.09 Å². The van der Waals surface area contributed by atoms with E-state index in [0.29, 0.717) is 5.76 Å². The van der Waals surface area contributed by atoms with Crippen LogP contribution in [-0.2, 0) is 4.74 Å². The number of rotatable bonds is 18. The monoisotopic (exact) mass is 339 g/mol. The minimum Gasteiger partial charge on any atom is -0.416 e. The van der Waals surface area contributed by atoms with Gasteiger partial charge in [0, 0.05) is 6.42 Å². The molecule has 0 spiro atoms. The maximum absolute atomic E-state index is 10.5. The molecule has 1 amide bonds. The quantitative estimate of drug-likeness (QED) is 0.211. The standard InChI is InChI=1S/C21H41NO2/c1-3-4-5-6-7-8-9-10-11-12-13-14-15-16-17-18-19-20(2)24-21(22)23/h2-19H2,1H3,(H2,22,23). The van der Waals surface area contributed by atoms with Crippen LogP contribution in [0.2, 0.25) is 0 Å². The van der Waals surface area contributed by atoms with E-state index in [1.165, 1.54) is 96.3 Å². The molecule has 0 unspecified atom stereocenters. The Kier molecular flexibility index (Phi) is 17.6. The third-order valence-electron chi connectivity index (χ3n) is 4.55. The molecule has 0 aliphatic heterocycles. The molecule has 0 aliphatic rings. The first-order valence-corrected chi connectivity index (χ1v) is 10.3. The van der Waals surface area contributed by atoms with Crippen molar-refractivity contribution in [3.05, 3.63) is 12.3 Å². The molecule has 3 heteroatoms. The second kappa shape index (κ2) is 18.4. The van der Waals surface area contributed by atoms with E-state index in [9.17, 15) is 4.79 Å². The molecule has 0 radical (unpaired) electrons. The third-order valence-corrected chi connectivity index (χ3v) is 4.55. The zero-order chi connectivity index (χ0) is 17.9. The van der Waals surface area contributed by atoms with Crippen LogP contribution >= 0.6 is 0 Å². The van der Waals surface area contributed by atoms with Crippen molar-refractivity contribution in [3.63, 3.8) is 0 Å². The summed E-state index contributed by atoms with van der Waals surface area (Å²) >= 11 is 0. The second-order valence-corrected chi connectivity index (χ2v) is 7.01. The summed E-state index contributed by atoms with van der Waals surface area (Å²) in [4.78, 5) is 10.5. The van der Waals surface area contributed by atoms with Gasteiger partial charge in [-0.25, -0.2) is 4.79 Å². The number of allylic oxidation sites excluding steroid dienone is 1. The number of carbonyl (C=O) groups is 1. The number of hydrogen-bond acceptors (Lipinski definition) is 2. The first-order valence-electron chi connectivity index (χ1n) is 10.3. The first kappa shape index (κ1) is 23.0. The number of ether oxygens (including phenoxy) is 1. The second-order valence-electron chi connectivity index (χ2n) is 7.01. The summed E-state index contributed by atoms with van der Waals surface area (Å²) in [5.41, 5.74) is 4.93. The van der Waals surface area contributed by atoms with Crippen molar-refractivity contribution in [1.29, 1.82) is 0 Å². The molecule has 0 atom stereocenters. The molecular formula is C21H41NO2. The van der Waals surface area contributed by atoms with Gasteiger partial charge in [0.25, 0.3) is 0 Å². The Morgan fingerprint density at radius 2 is 1.04 bits per heavy atom. The highest BCUT2D eigenvalue weighted by molar-refractivity contribution is 5.65. The van der Waals surface area contributed by atoms with E-state index in [1.807, 2.05) is 0 Å². The Morgan fingerprint density at radius 3 is 1.38 bits per heavy atom. The van der Waals surface area contributed by atoms with Crippen LogP contribution in [0.5, 0.6) is 0 Å². The lowest BCUT2D eigenvalue weighted by molar-refractivity contribution is 0.183. The van der Waals surface area contributed by atoms with Gasteiger partial charge in [-0.05, 0) is 6.42 Å². The number of nitrogens with two attached hydrogens (primary N) is 1. The molecule has 0 saturated heterocycles. The SMILES string of the molecule is C=C(CCCCCCCCCCCCCCCCCC)OC(N)=O. The van der Waals surface area contributed by atoms with E-state index in [0.717, 1.165) is 12.8 Å². The molecule has 0 fully saturated rings. The Labute approximate surface area is 150 Å². The normalized spacial score (nSPS) is 10.7. The Bertz CT molecular complexity index is 302. The van der Waals surface area contributed by atoms with Crippen LogP contribution in [0.1, 0.15) is 116 Å². The summed E-state index contributed by atoms with van der Waals surface area (Å²) in [6, 6.07) is 0. The average Bonchev–Trinajstić information content (AvgIpc) is 2.53. The van der Waals surface area contributed by atoms with E-state index in [-0.39, 0.29) is 0 Å². The first-order chi connectivity index (χ1) is 11.7. The van der Waals surface area contributed by atoms with Crippen molar-refractivity contribution in [3.8, 4) is 0 Å². The van der Waals surface area contributed by atoms with Crippen molar-refractivity contribution in [2.45, 2.75) is 116 Å². The van der Waals surface area contributed by atoms with Gasteiger partial charge in [0.1, 0.15) is 5.76 Å². The Morgan fingerprint density at radius 1 is 0.708 bits per heavy atom. The zero-order valence-electron chi connectivity index (χ0n) is 16.1. The van der Waals surface area contributed by atoms with E-state index in [1.54, 1.807) is 0 Å². The Hall–Kier alpha value is -0.990. The number of primary amides is 1. The maximum Gasteiger partial charge on any atom is 0.409 e. The summed E-state index contributed by atoms with van der Waals surface area (Å²) in [7, 11) is 0. The van der Waals surface area contributed by atoms with Crippen LogP contribution in [0, 0.1) is 0 Å². The molecule has 0 aromatic rings. The lowest BCUT2D eigenvalue weighted by atomic mass is 10.0. The van der Waals surface area contributed by atoms with Crippen LogP contribution in [0.4, 0.5) is 4.79 Å². The van der Waals surface area contributed by atoms with Crippen molar-refractivity contribution in [2.75, 3.05) is 0 Å². The topological polar surface area (TPSA) is 52.3 Å². The minimum absolute atomic E-state index is 0.493. The number of amides is 1. The van der Waals surface area contributed by atoms with Gasteiger partial charge in [-0.2, -0.15) is 0 Å². The van der Waals surface area contributed by atoms with Crippen molar-refractivity contribution in [1.82, 2.24) is 0 Å². The highest BCUT2D eigenvalue weighted by atomic mass is 16.5. The third kappa shape index (κ3) is 19.1. The summed E-state index contributed by atoms with van der Waals surface area (Å²) in [5.74, 6) is 0.493. The molecule has 0 aromatic heterocycles. The van der Waals surface area contributed by atoms with Crippen LogP contribution in [0.25, 0.3) is 0 Å². The van der Waals surface area contributed by atoms with Crippen LogP contribution < -0.4 is 5.73 Å². The fourth-order valence-electron chi connectivity index (χ4n) is 3.06. The predicted molar refractivity (Wildman–Crippen MR) is 104 cm³/mol. The van der Waals surface area contributed by atoms with E-state index >= 15 is 0 Å². The lowest BCUT2D eigenvalue weighted by Gasteiger charge is -2.05. The summed E-state index contributed by atoms with van der Waals surface area (Å²) in [5, 5.41) is 0. The van der Waals surface area contributed by atoms with Crippen LogP contribution in [0.15, 0.2) is 12.3 Å². The molecule has 2 N–H and O–H groups in total. The predicted octanol–water partition coefficient (Wildman–Crippen LogP) is 7.25.